The maximum Gasteiger partial charge on any atom is 0.0990 e. The van der Waals surface area contributed by atoms with E-state index < -0.39 is 0 Å². The maximum absolute atomic E-state index is 8.79. The lowest BCUT2D eigenvalue weighted by Gasteiger charge is -2.22. The molecule has 0 heterocycles. The monoisotopic (exact) mass is 331 g/mol. The van der Waals surface area contributed by atoms with Gasteiger partial charge in [-0.1, -0.05) is 51.9 Å². The normalized spacial score (nSPS) is 11.5. The molecular formula is C19H41NO3. The summed E-state index contributed by atoms with van der Waals surface area (Å²) >= 11 is 0. The molecule has 0 saturated heterocycles. The highest BCUT2D eigenvalue weighted by Crippen LogP contribution is 2.07. The summed E-state index contributed by atoms with van der Waals surface area (Å²) in [6, 6.07) is 0. The van der Waals surface area contributed by atoms with Gasteiger partial charge in [0, 0.05) is 32.9 Å². The SMILES string of the molecule is CCCCOCN(CCCCCCCO)CCCCCCCO. The summed E-state index contributed by atoms with van der Waals surface area (Å²) in [7, 11) is 0. The minimum Gasteiger partial charge on any atom is -0.396 e. The molecule has 0 unspecified atom stereocenters. The van der Waals surface area contributed by atoms with Gasteiger partial charge in [0.25, 0.3) is 0 Å². The third kappa shape index (κ3) is 18.0. The topological polar surface area (TPSA) is 52.9 Å². The second kappa shape index (κ2) is 19.9. The van der Waals surface area contributed by atoms with E-state index in [-0.39, 0.29) is 0 Å². The molecule has 0 radical (unpaired) electrons. The number of nitrogens with zero attached hydrogens (tertiary/aromatic N) is 1. The Balaban J connectivity index is 3.70. The van der Waals surface area contributed by atoms with Crippen LogP contribution in [0.2, 0.25) is 0 Å². The third-order valence-electron chi connectivity index (χ3n) is 4.18. The Bertz CT molecular complexity index is 199. The fourth-order valence-corrected chi connectivity index (χ4v) is 2.64. The number of unbranched alkanes of at least 4 members (excludes halogenated alkanes) is 9. The fraction of sp³-hybridized carbons (Fsp3) is 1.00. The first-order valence-corrected chi connectivity index (χ1v) is 9.87. The smallest absolute Gasteiger partial charge is 0.0990 e. The van der Waals surface area contributed by atoms with E-state index in [0.29, 0.717) is 13.2 Å². The van der Waals surface area contributed by atoms with Crippen molar-refractivity contribution in [2.45, 2.75) is 84.0 Å². The van der Waals surface area contributed by atoms with E-state index in [2.05, 4.69) is 11.8 Å². The summed E-state index contributed by atoms with van der Waals surface area (Å²) in [6.45, 7) is 6.75. The van der Waals surface area contributed by atoms with Crippen LogP contribution in [0.4, 0.5) is 0 Å². The van der Waals surface area contributed by atoms with E-state index >= 15 is 0 Å². The number of hydrogen-bond acceptors (Lipinski definition) is 4. The molecule has 0 fully saturated rings. The average Bonchev–Trinajstić information content (AvgIpc) is 2.57. The summed E-state index contributed by atoms with van der Waals surface area (Å²) < 4.78 is 5.79. The second-order valence-electron chi connectivity index (χ2n) is 6.49. The van der Waals surface area contributed by atoms with Crippen molar-refractivity contribution in [2.75, 3.05) is 39.6 Å². The second-order valence-corrected chi connectivity index (χ2v) is 6.49. The van der Waals surface area contributed by atoms with Crippen molar-refractivity contribution in [3.63, 3.8) is 0 Å². The van der Waals surface area contributed by atoms with Crippen LogP contribution in [0.25, 0.3) is 0 Å². The number of ether oxygens (including phenoxy) is 1. The zero-order valence-corrected chi connectivity index (χ0v) is 15.5. The molecule has 0 aliphatic heterocycles. The van der Waals surface area contributed by atoms with Crippen LogP contribution in [0.15, 0.2) is 0 Å². The molecule has 2 N–H and O–H groups in total. The van der Waals surface area contributed by atoms with Gasteiger partial charge in [0.15, 0.2) is 0 Å². The van der Waals surface area contributed by atoms with E-state index in [1.807, 2.05) is 0 Å². The molecule has 0 aliphatic rings. The van der Waals surface area contributed by atoms with E-state index in [9.17, 15) is 0 Å². The largest absolute Gasteiger partial charge is 0.396 e. The molecule has 0 spiro atoms. The van der Waals surface area contributed by atoms with Crippen LogP contribution in [0.1, 0.15) is 84.0 Å². The number of aliphatic hydroxyl groups is 2. The minimum atomic E-state index is 0.327. The van der Waals surface area contributed by atoms with Gasteiger partial charge in [0.05, 0.1) is 6.73 Å². The lowest BCUT2D eigenvalue weighted by Crippen LogP contribution is -2.29. The van der Waals surface area contributed by atoms with Crippen molar-refractivity contribution in [1.29, 1.82) is 0 Å². The van der Waals surface area contributed by atoms with Crippen molar-refractivity contribution < 1.29 is 14.9 Å². The number of hydrogen-bond donors (Lipinski definition) is 2. The van der Waals surface area contributed by atoms with Crippen molar-refractivity contribution in [2.24, 2.45) is 0 Å². The molecule has 0 amide bonds. The number of rotatable bonds is 19. The van der Waals surface area contributed by atoms with Crippen molar-refractivity contribution >= 4 is 0 Å². The van der Waals surface area contributed by atoms with Gasteiger partial charge in [0.1, 0.15) is 0 Å². The van der Waals surface area contributed by atoms with Crippen LogP contribution in [0.5, 0.6) is 0 Å². The van der Waals surface area contributed by atoms with Gasteiger partial charge >= 0.3 is 0 Å². The van der Waals surface area contributed by atoms with Crippen LogP contribution < -0.4 is 0 Å². The Morgan fingerprint density at radius 2 is 1.13 bits per heavy atom. The highest BCUT2D eigenvalue weighted by Gasteiger charge is 2.05. The van der Waals surface area contributed by atoms with Gasteiger partial charge in [-0.2, -0.15) is 0 Å². The molecule has 4 heteroatoms. The summed E-state index contributed by atoms with van der Waals surface area (Å²) in [5, 5.41) is 17.6. The predicted molar refractivity (Wildman–Crippen MR) is 97.6 cm³/mol. The lowest BCUT2D eigenvalue weighted by molar-refractivity contribution is 0.0253. The first-order valence-electron chi connectivity index (χ1n) is 9.87. The standard InChI is InChI=1S/C19H41NO3/c1-2-3-18-23-19-20(14-10-6-4-8-12-16-21)15-11-7-5-9-13-17-22/h21-22H,2-19H2,1H3. The molecule has 0 saturated carbocycles. The van der Waals surface area contributed by atoms with Crippen molar-refractivity contribution in [1.82, 2.24) is 4.90 Å². The summed E-state index contributed by atoms with van der Waals surface area (Å²) in [5.74, 6) is 0. The van der Waals surface area contributed by atoms with Gasteiger partial charge in [-0.15, -0.1) is 0 Å². The minimum absolute atomic E-state index is 0.327. The first-order chi connectivity index (χ1) is 11.3. The zero-order chi connectivity index (χ0) is 17.0. The van der Waals surface area contributed by atoms with Gasteiger partial charge < -0.3 is 14.9 Å². The van der Waals surface area contributed by atoms with Crippen molar-refractivity contribution in [3.05, 3.63) is 0 Å². The molecule has 0 aromatic rings. The Kier molecular flexibility index (Phi) is 19.7. The third-order valence-corrected chi connectivity index (χ3v) is 4.18. The van der Waals surface area contributed by atoms with Gasteiger partial charge in [-0.3, -0.25) is 4.90 Å². The summed E-state index contributed by atoms with van der Waals surface area (Å²) in [6.07, 6.45) is 13.9. The Morgan fingerprint density at radius 1 is 0.652 bits per heavy atom. The fourth-order valence-electron chi connectivity index (χ4n) is 2.64. The lowest BCUT2D eigenvalue weighted by atomic mass is 10.1. The highest BCUT2D eigenvalue weighted by atomic mass is 16.5. The van der Waals surface area contributed by atoms with Gasteiger partial charge in [0.2, 0.25) is 0 Å². The predicted octanol–water partition coefficient (Wildman–Crippen LogP) is 3.95. The van der Waals surface area contributed by atoms with Crippen LogP contribution in [-0.2, 0) is 4.74 Å². The van der Waals surface area contributed by atoms with Gasteiger partial charge in [-0.05, 0) is 32.1 Å². The molecule has 0 aromatic heterocycles. The van der Waals surface area contributed by atoms with Crippen LogP contribution in [0.3, 0.4) is 0 Å². The molecule has 23 heavy (non-hydrogen) atoms. The molecule has 140 valence electrons. The van der Waals surface area contributed by atoms with E-state index in [1.54, 1.807) is 0 Å². The Hall–Kier alpha value is -0.160. The molecule has 0 aliphatic carbocycles. The molecule has 0 atom stereocenters. The Morgan fingerprint density at radius 3 is 1.61 bits per heavy atom. The summed E-state index contributed by atoms with van der Waals surface area (Å²) in [5.41, 5.74) is 0. The number of aliphatic hydroxyl groups excluding tert-OH is 2. The van der Waals surface area contributed by atoms with Crippen molar-refractivity contribution in [3.8, 4) is 0 Å². The first kappa shape index (κ1) is 22.8. The average molecular weight is 332 g/mol. The quantitative estimate of drug-likeness (QED) is 0.278. The van der Waals surface area contributed by atoms with Gasteiger partial charge in [-0.25, -0.2) is 0 Å². The Labute approximate surface area is 144 Å². The molecule has 0 aromatic carbocycles. The molecule has 0 rings (SSSR count). The molecular weight excluding hydrogens is 290 g/mol. The van der Waals surface area contributed by atoms with Crippen LogP contribution in [0, 0.1) is 0 Å². The molecule has 4 nitrogen and oxygen atoms in total. The highest BCUT2D eigenvalue weighted by molar-refractivity contribution is 4.56. The van der Waals surface area contributed by atoms with E-state index in [0.717, 1.165) is 58.5 Å². The van der Waals surface area contributed by atoms with E-state index in [4.69, 9.17) is 14.9 Å². The van der Waals surface area contributed by atoms with Crippen LogP contribution >= 0.6 is 0 Å². The van der Waals surface area contributed by atoms with Crippen LogP contribution in [-0.4, -0.2) is 54.8 Å². The summed E-state index contributed by atoms with van der Waals surface area (Å²) in [4.78, 5) is 2.45. The maximum atomic E-state index is 8.79. The zero-order valence-electron chi connectivity index (χ0n) is 15.5. The van der Waals surface area contributed by atoms with E-state index in [1.165, 1.54) is 44.9 Å². The molecule has 0 bridgehead atoms.